The standard InChI is InChI=1S/C14H13N3OS/c1-18-10-4-6-14-5-2-3-7-16(14)13-15-9-12(19)17(13)11(14)8-10/h2-5,7-9,19H,6H2,1H3. The first-order valence-electron chi connectivity index (χ1n) is 6.15. The molecular weight excluding hydrogens is 258 g/mol. The Labute approximate surface area is 116 Å². The maximum atomic E-state index is 5.37. The quantitative estimate of drug-likeness (QED) is 0.796. The summed E-state index contributed by atoms with van der Waals surface area (Å²) in [4.78, 5) is 6.67. The van der Waals surface area contributed by atoms with Crippen molar-refractivity contribution < 1.29 is 4.74 Å². The Bertz CT molecular complexity index is 683. The SMILES string of the molecule is COC1=CCC23C=CC=CN2c2ncc(S)n2C3=C1. The molecule has 1 unspecified atom stereocenters. The number of thiol groups is 1. The van der Waals surface area contributed by atoms with E-state index in [4.69, 9.17) is 4.74 Å². The van der Waals surface area contributed by atoms with E-state index in [1.807, 2.05) is 6.08 Å². The van der Waals surface area contributed by atoms with E-state index < -0.39 is 0 Å². The van der Waals surface area contributed by atoms with Crippen LogP contribution in [-0.2, 0) is 4.74 Å². The van der Waals surface area contributed by atoms with Crippen molar-refractivity contribution in [2.24, 2.45) is 0 Å². The summed E-state index contributed by atoms with van der Waals surface area (Å²) < 4.78 is 7.45. The lowest BCUT2D eigenvalue weighted by atomic mass is 9.85. The average Bonchev–Trinajstić information content (AvgIpc) is 2.94. The summed E-state index contributed by atoms with van der Waals surface area (Å²) >= 11 is 4.51. The zero-order chi connectivity index (χ0) is 13.0. The largest absolute Gasteiger partial charge is 0.497 e. The van der Waals surface area contributed by atoms with Gasteiger partial charge in [0.05, 0.1) is 24.0 Å². The molecule has 2 aliphatic heterocycles. The van der Waals surface area contributed by atoms with Crippen molar-refractivity contribution in [1.29, 1.82) is 0 Å². The van der Waals surface area contributed by atoms with Gasteiger partial charge in [0, 0.05) is 18.7 Å². The summed E-state index contributed by atoms with van der Waals surface area (Å²) in [7, 11) is 1.70. The molecule has 0 bridgehead atoms. The lowest BCUT2D eigenvalue weighted by molar-refractivity contribution is 0.302. The zero-order valence-electron chi connectivity index (χ0n) is 10.4. The van der Waals surface area contributed by atoms with E-state index in [0.717, 1.165) is 28.9 Å². The molecule has 5 heteroatoms. The van der Waals surface area contributed by atoms with Crippen LogP contribution in [-0.4, -0.2) is 22.2 Å². The normalized spacial score (nSPS) is 26.5. The van der Waals surface area contributed by atoms with Crippen LogP contribution in [0.3, 0.4) is 0 Å². The summed E-state index contributed by atoms with van der Waals surface area (Å²) in [5.41, 5.74) is 0.961. The molecule has 0 radical (unpaired) electrons. The number of hydrogen-bond donors (Lipinski definition) is 1. The van der Waals surface area contributed by atoms with Gasteiger partial charge in [0.25, 0.3) is 0 Å². The smallest absolute Gasteiger partial charge is 0.216 e. The Morgan fingerprint density at radius 3 is 3.16 bits per heavy atom. The van der Waals surface area contributed by atoms with Gasteiger partial charge >= 0.3 is 0 Å². The van der Waals surface area contributed by atoms with Gasteiger partial charge < -0.3 is 9.64 Å². The van der Waals surface area contributed by atoms with Crippen LogP contribution in [0.25, 0.3) is 5.70 Å². The highest BCUT2D eigenvalue weighted by Crippen LogP contribution is 2.49. The van der Waals surface area contributed by atoms with Crippen molar-refractivity contribution in [2.45, 2.75) is 17.0 Å². The number of allylic oxidation sites excluding steroid dienone is 3. The molecule has 0 saturated heterocycles. The third-order valence-corrected chi connectivity index (χ3v) is 4.22. The number of nitrogens with zero attached hydrogens (tertiary/aromatic N) is 3. The van der Waals surface area contributed by atoms with Crippen LogP contribution in [0.4, 0.5) is 5.95 Å². The molecule has 4 nitrogen and oxygen atoms in total. The predicted molar refractivity (Wildman–Crippen MR) is 77.0 cm³/mol. The van der Waals surface area contributed by atoms with Gasteiger partial charge in [0.2, 0.25) is 5.95 Å². The van der Waals surface area contributed by atoms with Gasteiger partial charge in [0.15, 0.2) is 0 Å². The van der Waals surface area contributed by atoms with Gasteiger partial charge in [-0.1, -0.05) is 12.2 Å². The van der Waals surface area contributed by atoms with E-state index in [2.05, 4.69) is 57.6 Å². The summed E-state index contributed by atoms with van der Waals surface area (Å²) in [5, 5.41) is 0.842. The molecule has 3 heterocycles. The minimum absolute atomic E-state index is 0.183. The van der Waals surface area contributed by atoms with Crippen molar-refractivity contribution in [3.8, 4) is 0 Å². The van der Waals surface area contributed by atoms with Crippen LogP contribution in [0.15, 0.2) is 53.6 Å². The number of imidazole rings is 1. The Morgan fingerprint density at radius 1 is 1.42 bits per heavy atom. The first-order valence-corrected chi connectivity index (χ1v) is 6.60. The van der Waals surface area contributed by atoms with E-state index >= 15 is 0 Å². The van der Waals surface area contributed by atoms with Crippen molar-refractivity contribution in [3.05, 3.63) is 48.5 Å². The highest BCUT2D eigenvalue weighted by molar-refractivity contribution is 7.80. The molecule has 0 N–H and O–H groups in total. The van der Waals surface area contributed by atoms with Crippen molar-refractivity contribution >= 4 is 24.3 Å². The molecule has 1 aromatic heterocycles. The van der Waals surface area contributed by atoms with E-state index in [9.17, 15) is 0 Å². The number of hydrogen-bond acceptors (Lipinski definition) is 4. The van der Waals surface area contributed by atoms with Gasteiger partial charge in [-0.2, -0.15) is 0 Å². The molecule has 4 rings (SSSR count). The maximum absolute atomic E-state index is 5.37. The number of fused-ring (bicyclic) bond motifs is 3. The fraction of sp³-hybridized carbons (Fsp3) is 0.214. The minimum Gasteiger partial charge on any atom is -0.497 e. The lowest BCUT2D eigenvalue weighted by Gasteiger charge is -2.37. The third kappa shape index (κ3) is 1.23. The van der Waals surface area contributed by atoms with Gasteiger partial charge in [-0.25, -0.2) is 4.98 Å². The fourth-order valence-corrected chi connectivity index (χ4v) is 3.25. The number of anilines is 1. The highest BCUT2D eigenvalue weighted by atomic mass is 32.1. The molecule has 1 atom stereocenters. The first-order chi connectivity index (χ1) is 9.26. The van der Waals surface area contributed by atoms with Gasteiger partial charge in [-0.3, -0.25) is 4.57 Å². The lowest BCUT2D eigenvalue weighted by Crippen LogP contribution is -2.43. The second-order valence-electron chi connectivity index (χ2n) is 4.79. The van der Waals surface area contributed by atoms with Crippen LogP contribution in [0, 0.1) is 0 Å². The van der Waals surface area contributed by atoms with Crippen LogP contribution < -0.4 is 4.90 Å². The van der Waals surface area contributed by atoms with Crippen molar-refractivity contribution in [3.63, 3.8) is 0 Å². The summed E-state index contributed by atoms with van der Waals surface area (Å²) in [6.07, 6.45) is 15.2. The topological polar surface area (TPSA) is 30.3 Å². The number of aromatic nitrogens is 2. The fourth-order valence-electron chi connectivity index (χ4n) is 3.00. The van der Waals surface area contributed by atoms with Gasteiger partial charge in [-0.05, 0) is 12.2 Å². The second kappa shape index (κ2) is 3.57. The Kier molecular flexibility index (Phi) is 2.07. The molecule has 1 spiro atoms. The van der Waals surface area contributed by atoms with E-state index in [1.54, 1.807) is 13.3 Å². The van der Waals surface area contributed by atoms with E-state index in [-0.39, 0.29) is 5.54 Å². The van der Waals surface area contributed by atoms with E-state index in [0.29, 0.717) is 0 Å². The van der Waals surface area contributed by atoms with Crippen LogP contribution >= 0.6 is 12.6 Å². The molecule has 0 aromatic carbocycles. The molecule has 19 heavy (non-hydrogen) atoms. The Balaban J connectivity index is 2.00. The second-order valence-corrected chi connectivity index (χ2v) is 5.25. The molecular formula is C14H13N3OS. The third-order valence-electron chi connectivity index (χ3n) is 3.90. The minimum atomic E-state index is -0.183. The molecule has 0 fully saturated rings. The molecule has 0 saturated carbocycles. The monoisotopic (exact) mass is 271 g/mol. The van der Waals surface area contributed by atoms with Crippen molar-refractivity contribution in [1.82, 2.24) is 9.55 Å². The summed E-state index contributed by atoms with van der Waals surface area (Å²) in [6.45, 7) is 0. The molecule has 3 aliphatic rings. The van der Waals surface area contributed by atoms with Crippen LogP contribution in [0.2, 0.25) is 0 Å². The average molecular weight is 271 g/mol. The predicted octanol–water partition coefficient (Wildman–Crippen LogP) is 2.59. The number of ether oxygens (including phenoxy) is 1. The first kappa shape index (κ1) is 11.0. The Hall–Kier alpha value is -1.88. The van der Waals surface area contributed by atoms with Crippen molar-refractivity contribution in [2.75, 3.05) is 12.0 Å². The number of methoxy groups -OCH3 is 1. The number of rotatable bonds is 1. The highest BCUT2D eigenvalue weighted by Gasteiger charge is 2.48. The summed E-state index contributed by atoms with van der Waals surface area (Å²) in [5.74, 6) is 1.79. The van der Waals surface area contributed by atoms with Gasteiger partial charge in [0.1, 0.15) is 11.3 Å². The van der Waals surface area contributed by atoms with E-state index in [1.165, 1.54) is 0 Å². The van der Waals surface area contributed by atoms with Crippen LogP contribution in [0.1, 0.15) is 6.42 Å². The Morgan fingerprint density at radius 2 is 2.32 bits per heavy atom. The van der Waals surface area contributed by atoms with Gasteiger partial charge in [-0.15, -0.1) is 12.6 Å². The molecule has 1 aromatic rings. The zero-order valence-corrected chi connectivity index (χ0v) is 11.3. The summed E-state index contributed by atoms with van der Waals surface area (Å²) in [6, 6.07) is 0. The van der Waals surface area contributed by atoms with Crippen LogP contribution in [0.5, 0.6) is 0 Å². The maximum Gasteiger partial charge on any atom is 0.216 e. The molecule has 0 amide bonds. The molecule has 96 valence electrons. The molecule has 1 aliphatic carbocycles.